The van der Waals surface area contributed by atoms with Crippen molar-refractivity contribution < 1.29 is 30.0 Å². The van der Waals surface area contributed by atoms with E-state index < -0.39 is 23.7 Å². The van der Waals surface area contributed by atoms with E-state index in [1.54, 1.807) is 0 Å². The maximum atomic E-state index is 12.5. The molecule has 0 spiro atoms. The Bertz CT molecular complexity index is 707. The number of fused-ring (bicyclic) bond motifs is 1. The molecule has 0 fully saturated rings. The Morgan fingerprint density at radius 1 is 0.952 bits per heavy atom. The third-order valence-electron chi connectivity index (χ3n) is 3.38. The van der Waals surface area contributed by atoms with Crippen LogP contribution in [0.2, 0.25) is 0 Å². The van der Waals surface area contributed by atoms with Crippen LogP contribution >= 0.6 is 0 Å². The van der Waals surface area contributed by atoms with E-state index in [0.717, 1.165) is 12.1 Å². The van der Waals surface area contributed by atoms with Gasteiger partial charge in [-0.2, -0.15) is 0 Å². The van der Waals surface area contributed by atoms with Crippen molar-refractivity contribution in [3.05, 3.63) is 47.5 Å². The number of ether oxygens (including phenoxy) is 1. The van der Waals surface area contributed by atoms with Crippen molar-refractivity contribution in [3.63, 3.8) is 0 Å². The van der Waals surface area contributed by atoms with Gasteiger partial charge in [-0.15, -0.1) is 0 Å². The van der Waals surface area contributed by atoms with Gasteiger partial charge in [0.15, 0.2) is 5.78 Å². The second kappa shape index (κ2) is 4.68. The lowest BCUT2D eigenvalue weighted by atomic mass is 9.87. The van der Waals surface area contributed by atoms with Gasteiger partial charge in [0.25, 0.3) is 0 Å². The zero-order chi connectivity index (χ0) is 15.1. The first-order chi connectivity index (χ1) is 9.97. The molecule has 2 aromatic carbocycles. The fourth-order valence-electron chi connectivity index (χ4n) is 2.41. The molecule has 0 amide bonds. The minimum absolute atomic E-state index is 0.0330. The van der Waals surface area contributed by atoms with Crippen molar-refractivity contribution in [1.29, 1.82) is 0 Å². The van der Waals surface area contributed by atoms with E-state index in [4.69, 9.17) is 4.74 Å². The number of phenolic OH excluding ortho intramolecular Hbond substituents is 3. The van der Waals surface area contributed by atoms with Crippen molar-refractivity contribution in [2.24, 2.45) is 0 Å². The molecule has 0 aliphatic carbocycles. The number of aliphatic hydroxyl groups is 1. The van der Waals surface area contributed by atoms with Crippen molar-refractivity contribution in [3.8, 4) is 23.0 Å². The molecule has 6 heteroatoms. The molecule has 108 valence electrons. The molecule has 0 bridgehead atoms. The Labute approximate surface area is 119 Å². The molecule has 0 saturated carbocycles. The molecular formula is C15H12O6. The van der Waals surface area contributed by atoms with Crippen LogP contribution in [0, 0.1) is 0 Å². The summed E-state index contributed by atoms with van der Waals surface area (Å²) in [6.45, 7) is 0. The van der Waals surface area contributed by atoms with E-state index in [-0.39, 0.29) is 22.8 Å². The van der Waals surface area contributed by atoms with E-state index in [0.29, 0.717) is 5.56 Å². The molecule has 3 rings (SSSR count). The number of hydrogen-bond donors (Lipinski definition) is 4. The van der Waals surface area contributed by atoms with Crippen LogP contribution in [-0.2, 0) is 0 Å². The fourth-order valence-corrected chi connectivity index (χ4v) is 2.41. The number of aromatic hydroxyl groups is 3. The maximum absolute atomic E-state index is 12.5. The van der Waals surface area contributed by atoms with Crippen LogP contribution in [0.25, 0.3) is 0 Å². The molecule has 2 atom stereocenters. The number of carbonyl (C=O) groups excluding carboxylic acids is 1. The van der Waals surface area contributed by atoms with Gasteiger partial charge in [-0.1, -0.05) is 12.1 Å². The number of aliphatic hydroxyl groups excluding tert-OH is 1. The Morgan fingerprint density at radius 3 is 2.29 bits per heavy atom. The molecular weight excluding hydrogens is 276 g/mol. The van der Waals surface area contributed by atoms with Crippen LogP contribution in [0.3, 0.4) is 0 Å². The summed E-state index contributed by atoms with van der Waals surface area (Å²) in [7, 11) is 0. The topological polar surface area (TPSA) is 107 Å². The van der Waals surface area contributed by atoms with E-state index in [1.807, 2.05) is 0 Å². The predicted molar refractivity (Wildman–Crippen MR) is 71.6 cm³/mol. The van der Waals surface area contributed by atoms with Gasteiger partial charge in [0, 0.05) is 12.1 Å². The quantitative estimate of drug-likeness (QED) is 0.633. The summed E-state index contributed by atoms with van der Waals surface area (Å²) in [5.74, 6) is -2.26. The molecule has 1 aliphatic rings. The summed E-state index contributed by atoms with van der Waals surface area (Å²) in [6.07, 6.45) is -1.45. The van der Waals surface area contributed by atoms with Crippen LogP contribution in [0.15, 0.2) is 36.4 Å². The summed E-state index contributed by atoms with van der Waals surface area (Å²) < 4.78 is 5.21. The van der Waals surface area contributed by atoms with Gasteiger partial charge >= 0.3 is 0 Å². The highest BCUT2D eigenvalue weighted by Gasteiger charge is 2.39. The fraction of sp³-hybridized carbons (Fsp3) is 0.133. The second-order valence-corrected chi connectivity index (χ2v) is 4.78. The Kier molecular flexibility index (Phi) is 2.95. The van der Waals surface area contributed by atoms with Gasteiger partial charge in [-0.05, 0) is 17.7 Å². The molecule has 6 nitrogen and oxygen atoms in total. The zero-order valence-corrected chi connectivity index (χ0v) is 10.7. The summed E-state index contributed by atoms with van der Waals surface area (Å²) in [5, 5.41) is 38.5. The average Bonchev–Trinajstić information content (AvgIpc) is 2.39. The number of rotatable bonds is 1. The van der Waals surface area contributed by atoms with E-state index in [1.165, 1.54) is 24.3 Å². The maximum Gasteiger partial charge on any atom is 0.211 e. The van der Waals surface area contributed by atoms with E-state index in [2.05, 4.69) is 0 Å². The largest absolute Gasteiger partial charge is 0.508 e. The number of Topliss-reactive ketones (excluding diaryl/α,β-unsaturated/α-hetero) is 1. The van der Waals surface area contributed by atoms with Crippen molar-refractivity contribution in [2.75, 3.05) is 0 Å². The van der Waals surface area contributed by atoms with Crippen LogP contribution < -0.4 is 4.74 Å². The van der Waals surface area contributed by atoms with Crippen LogP contribution in [0.1, 0.15) is 21.8 Å². The lowest BCUT2D eigenvalue weighted by Crippen LogP contribution is -2.35. The van der Waals surface area contributed by atoms with Crippen LogP contribution in [-0.4, -0.2) is 32.5 Å². The highest BCUT2D eigenvalue weighted by molar-refractivity contribution is 6.06. The molecule has 0 radical (unpaired) electrons. The predicted octanol–water partition coefficient (Wildman–Crippen LogP) is 1.48. The van der Waals surface area contributed by atoms with Crippen molar-refractivity contribution in [1.82, 2.24) is 0 Å². The summed E-state index contributed by atoms with van der Waals surface area (Å²) in [5.41, 5.74) is 0.361. The standard InChI is InChI=1S/C15H12O6/c16-8-3-1-7(2-4-8)12-14(19)13-10(18)5-9(17)6-11(13)21-15(12)20/h1-6,12,15-18,20H/t12-,15-/m0/s1. The molecule has 0 saturated heterocycles. The summed E-state index contributed by atoms with van der Waals surface area (Å²) in [4.78, 5) is 12.5. The van der Waals surface area contributed by atoms with Crippen molar-refractivity contribution in [2.45, 2.75) is 12.2 Å². The molecule has 0 unspecified atom stereocenters. The Morgan fingerprint density at radius 2 is 1.62 bits per heavy atom. The molecule has 4 N–H and O–H groups in total. The van der Waals surface area contributed by atoms with Gasteiger partial charge in [0.1, 0.15) is 34.5 Å². The van der Waals surface area contributed by atoms with Crippen LogP contribution in [0.4, 0.5) is 0 Å². The minimum atomic E-state index is -1.45. The highest BCUT2D eigenvalue weighted by Crippen LogP contribution is 2.42. The van der Waals surface area contributed by atoms with Crippen molar-refractivity contribution >= 4 is 5.78 Å². The number of carbonyl (C=O) groups is 1. The first-order valence-corrected chi connectivity index (χ1v) is 6.21. The smallest absolute Gasteiger partial charge is 0.211 e. The third-order valence-corrected chi connectivity index (χ3v) is 3.38. The number of benzene rings is 2. The lowest BCUT2D eigenvalue weighted by molar-refractivity contribution is -0.0389. The lowest BCUT2D eigenvalue weighted by Gasteiger charge is -2.29. The van der Waals surface area contributed by atoms with Gasteiger partial charge in [0.2, 0.25) is 6.29 Å². The highest BCUT2D eigenvalue weighted by atomic mass is 16.6. The molecule has 2 aromatic rings. The SMILES string of the molecule is O=C1c2c(O)cc(O)cc2O[C@H](O)[C@H]1c1ccc(O)cc1. The van der Waals surface area contributed by atoms with E-state index in [9.17, 15) is 25.2 Å². The number of hydrogen-bond acceptors (Lipinski definition) is 6. The van der Waals surface area contributed by atoms with Gasteiger partial charge in [0.05, 0.1) is 0 Å². The first kappa shape index (κ1) is 13.3. The number of ketones is 1. The summed E-state index contributed by atoms with van der Waals surface area (Å²) in [6, 6.07) is 7.96. The average molecular weight is 288 g/mol. The minimum Gasteiger partial charge on any atom is -0.508 e. The second-order valence-electron chi connectivity index (χ2n) is 4.78. The summed E-state index contributed by atoms with van der Waals surface area (Å²) >= 11 is 0. The van der Waals surface area contributed by atoms with Crippen LogP contribution in [0.5, 0.6) is 23.0 Å². The molecule has 0 aromatic heterocycles. The number of phenols is 3. The monoisotopic (exact) mass is 288 g/mol. The van der Waals surface area contributed by atoms with E-state index >= 15 is 0 Å². The molecule has 1 aliphatic heterocycles. The third kappa shape index (κ3) is 2.15. The Balaban J connectivity index is 2.09. The molecule has 21 heavy (non-hydrogen) atoms. The first-order valence-electron chi connectivity index (χ1n) is 6.21. The van der Waals surface area contributed by atoms with Gasteiger partial charge in [-0.3, -0.25) is 4.79 Å². The van der Waals surface area contributed by atoms with Gasteiger partial charge in [-0.25, -0.2) is 0 Å². The normalized spacial score (nSPS) is 20.7. The zero-order valence-electron chi connectivity index (χ0n) is 10.7. The van der Waals surface area contributed by atoms with Gasteiger partial charge < -0.3 is 25.2 Å². The Hall–Kier alpha value is -2.73. The molecule has 1 heterocycles.